The molecule has 0 spiro atoms. The van der Waals surface area contributed by atoms with E-state index in [-0.39, 0.29) is 108 Å². The van der Waals surface area contributed by atoms with Crippen LogP contribution in [0.5, 0.6) is 11.5 Å². The molecule has 31 nitrogen and oxygen atoms in total. The second-order valence-corrected chi connectivity index (χ2v) is 24.3. The van der Waals surface area contributed by atoms with E-state index < -0.39 is 5.24 Å². The number of amides is 4. The van der Waals surface area contributed by atoms with Gasteiger partial charge in [-0.25, -0.2) is 29.9 Å². The molecule has 112 heavy (non-hydrogen) atoms. The van der Waals surface area contributed by atoms with E-state index in [0.29, 0.717) is 58.9 Å². The third-order valence-electron chi connectivity index (χ3n) is 15.1. The Morgan fingerprint density at radius 3 is 1.34 bits per heavy atom. The highest BCUT2D eigenvalue weighted by Gasteiger charge is 2.21. The molecule has 37 heteroatoms. The van der Waals surface area contributed by atoms with Gasteiger partial charge in [-0.3, -0.25) is 33.6 Å². The van der Waals surface area contributed by atoms with Crippen molar-refractivity contribution in [3.63, 3.8) is 0 Å². The first-order valence-corrected chi connectivity index (χ1v) is 35.7. The molecule has 13 N–H and O–H groups in total. The number of nitrogen functional groups attached to an aromatic ring is 2. The van der Waals surface area contributed by atoms with Crippen LogP contribution in [0.25, 0.3) is 0 Å². The molecule has 0 unspecified atom stereocenters. The third kappa shape index (κ3) is 29.0. The molecule has 5 aromatic carbocycles. The maximum atomic E-state index is 12.5. The van der Waals surface area contributed by atoms with Gasteiger partial charge in [-0.1, -0.05) is 91.5 Å². The van der Waals surface area contributed by atoms with Crippen molar-refractivity contribution in [3.05, 3.63) is 231 Å². The molecule has 590 valence electrons. The number of nitrogens with one attached hydrogen (secondary N) is 7. The Hall–Kier alpha value is -11.7. The third-order valence-corrected chi connectivity index (χ3v) is 16.5. The van der Waals surface area contributed by atoms with E-state index in [0.717, 1.165) is 67.6 Å². The Morgan fingerprint density at radius 2 is 0.893 bits per heavy atom. The van der Waals surface area contributed by atoms with Gasteiger partial charge in [0.05, 0.1) is 74.5 Å². The van der Waals surface area contributed by atoms with E-state index in [1.807, 2.05) is 78.9 Å². The van der Waals surface area contributed by atoms with Crippen LogP contribution in [0.4, 0.5) is 63.1 Å². The van der Waals surface area contributed by atoms with Gasteiger partial charge in [-0.2, -0.15) is 9.97 Å². The lowest BCUT2D eigenvalue weighted by Crippen LogP contribution is -2.36. The van der Waals surface area contributed by atoms with Crippen molar-refractivity contribution < 1.29 is 52.5 Å². The van der Waals surface area contributed by atoms with Crippen LogP contribution in [0.15, 0.2) is 172 Å². The van der Waals surface area contributed by atoms with E-state index in [9.17, 15) is 33.6 Å². The zero-order chi connectivity index (χ0) is 82.2. The molecule has 0 saturated carbocycles. The number of methoxy groups -OCH3 is 2. The average Bonchev–Trinajstić information content (AvgIpc) is 0.817. The van der Waals surface area contributed by atoms with E-state index in [4.69, 9.17) is 100 Å². The van der Waals surface area contributed by atoms with Crippen molar-refractivity contribution >= 4 is 173 Å². The number of para-hydroxylation sites is 4. The molecule has 4 amide bonds. The van der Waals surface area contributed by atoms with Gasteiger partial charge in [0.1, 0.15) is 44.6 Å². The van der Waals surface area contributed by atoms with Crippen LogP contribution < -0.4 is 73.7 Å². The van der Waals surface area contributed by atoms with Gasteiger partial charge in [0, 0.05) is 120 Å². The lowest BCUT2D eigenvalue weighted by Gasteiger charge is -2.29. The molecule has 6 heterocycles. The first-order valence-electron chi connectivity index (χ1n) is 33.4. The van der Waals surface area contributed by atoms with Crippen LogP contribution in [0, 0.1) is 0 Å². The minimum absolute atomic E-state index is 0.0137. The van der Waals surface area contributed by atoms with Crippen molar-refractivity contribution in [2.75, 3.05) is 138 Å². The number of hydrogen-bond acceptors (Lipinski definition) is 27. The number of anilines is 11. The first kappa shape index (κ1) is 91.0. The number of carbonyl (C=O) groups excluding carboxylic acids is 7. The number of benzene rings is 5. The van der Waals surface area contributed by atoms with E-state index in [1.54, 1.807) is 44.6 Å². The molecule has 2 fully saturated rings. The van der Waals surface area contributed by atoms with E-state index in [1.165, 1.54) is 71.2 Å². The van der Waals surface area contributed by atoms with Gasteiger partial charge in [0.2, 0.25) is 27.7 Å². The number of allylic oxidation sites excluding steroid dienone is 2. The molecule has 11 rings (SSSR count). The molecule has 2 aliphatic heterocycles. The van der Waals surface area contributed by atoms with E-state index >= 15 is 0 Å². The van der Waals surface area contributed by atoms with Crippen molar-refractivity contribution in [1.82, 2.24) is 55.8 Å². The van der Waals surface area contributed by atoms with Gasteiger partial charge >= 0.3 is 0 Å². The highest BCUT2D eigenvalue weighted by molar-refractivity contribution is 6.68. The summed E-state index contributed by atoms with van der Waals surface area (Å²) in [4.78, 5) is 116. The molecule has 2 saturated heterocycles. The summed E-state index contributed by atoms with van der Waals surface area (Å²) >= 11 is 32.8. The monoisotopic (exact) mass is 1650 g/mol. The summed E-state index contributed by atoms with van der Waals surface area (Å²) in [5, 5.41) is 18.9. The zero-order valence-electron chi connectivity index (χ0n) is 61.6. The maximum absolute atomic E-state index is 12.5. The Morgan fingerprint density at radius 1 is 0.482 bits per heavy atom. The smallest absolute Gasteiger partial charge is 0.257 e. The second kappa shape index (κ2) is 48.1. The van der Waals surface area contributed by atoms with Crippen LogP contribution >= 0.6 is 69.6 Å². The zero-order valence-corrected chi connectivity index (χ0v) is 66.1. The molecule has 9 aromatic rings. The Labute approximate surface area is 676 Å². The largest absolute Gasteiger partial charge is 0.495 e. The van der Waals surface area contributed by atoms with Crippen LogP contribution in [0.2, 0.25) is 26.2 Å². The molecular weight excluding hydrogens is 1570 g/mol. The number of aromatic nitrogens is 8. The van der Waals surface area contributed by atoms with Gasteiger partial charge < -0.3 is 83.2 Å². The molecule has 2 aliphatic rings. The van der Waals surface area contributed by atoms with Gasteiger partial charge in [0.15, 0.2) is 11.6 Å². The van der Waals surface area contributed by atoms with Crippen LogP contribution in [-0.2, 0) is 36.7 Å². The fourth-order valence-electron chi connectivity index (χ4n) is 9.50. The molecule has 0 bridgehead atoms. The second-order valence-electron chi connectivity index (χ2n) is 22.2. The lowest BCUT2D eigenvalue weighted by molar-refractivity contribution is -0.114. The van der Waals surface area contributed by atoms with E-state index in [2.05, 4.69) is 112 Å². The average molecular weight is 1650 g/mol. The standard InChI is InChI=1S/C27H30N6O4.C16H15ClN4O2.C11H16N2O2.C9H10N2O.C6H5Cl2N3O.C5HCl3N2O.CH5N/c1-4-20(34)15-18-7-5-6-8-22(18)30-25-21(26(35)28-2)17-29-27(32-25)31-23-10-9-19(16-24(23)36-3)33-11-13-37-14-12-33;1-3-11(22)8-10-6-4-5-7-13(10)20-14-12(15(23)18-2)9-19-16(17)21-14;1-14-11-8-9(2-3-10(11)12)13-4-6-15-7-5-13;1-2-9(12)11-8-6-4-3-5-7(8)10;1-9-5(12)3-2-10-6(8)11-4(3)7;6-3-2(4(7)11)1-9-5(8)10-3;1-2/h4-10,16-17H,1,11-15H2,2-3H3,(H,28,35)(H2,29,30,31,32);3-7,9H,1,8H2,2H3,(H,18,23)(H,19,20,21);2-3,8H,4-7,12H2,1H3;2-6H,1,10H2,(H,11,12);2H,1H3,(H,9,12);1H;2H2,1H3. The number of halogens is 6. The molecule has 0 atom stereocenters. The Kier molecular flexibility index (Phi) is 39.1. The number of nitrogens with zero attached hydrogens (tertiary/aromatic N) is 10. The normalized spacial score (nSPS) is 11.5. The number of ketones is 2. The van der Waals surface area contributed by atoms with Gasteiger partial charge in [-0.15, -0.1) is 0 Å². The fraction of sp³-hybridized carbons (Fsp3) is 0.213. The number of rotatable bonds is 22. The van der Waals surface area contributed by atoms with Gasteiger partial charge in [0.25, 0.3) is 23.0 Å². The van der Waals surface area contributed by atoms with Crippen molar-refractivity contribution in [2.45, 2.75) is 12.8 Å². The summed E-state index contributed by atoms with van der Waals surface area (Å²) in [7, 11) is 9.28. The predicted molar refractivity (Wildman–Crippen MR) is 440 cm³/mol. The maximum Gasteiger partial charge on any atom is 0.257 e. The summed E-state index contributed by atoms with van der Waals surface area (Å²) in [5.41, 5.74) is 24.1. The summed E-state index contributed by atoms with van der Waals surface area (Å²) in [6, 6.07) is 33.4. The topological polar surface area (TPSA) is 428 Å². The van der Waals surface area contributed by atoms with Crippen LogP contribution in [0.3, 0.4) is 0 Å². The minimum Gasteiger partial charge on any atom is -0.495 e. The quantitative estimate of drug-likeness (QED) is 0.00990. The number of nitrogens with two attached hydrogens (primary N) is 3. The Balaban J connectivity index is 0.000000256. The van der Waals surface area contributed by atoms with Crippen LogP contribution in [0.1, 0.15) is 52.6 Å². The summed E-state index contributed by atoms with van der Waals surface area (Å²) < 4.78 is 21.6. The molecule has 0 radical (unpaired) electrons. The number of ether oxygens (including phenoxy) is 4. The SMILES string of the molecule is C=CC(=O)Cc1ccccc1Nc1nc(Cl)ncc1C(=O)NC.C=CC(=O)Cc1ccccc1Nc1nc(Nc2ccc(N3CCOCC3)cc2OC)ncc1C(=O)NC.C=CC(=O)Nc1ccccc1N.CN.CNC(=O)c1cnc(Cl)nc1Cl.COc1cc(N2CCOCC2)ccc1N.O=C(Cl)c1cnc(Cl)nc1Cl. The number of morpholine rings is 2. The first-order chi connectivity index (χ1) is 53.9. The summed E-state index contributed by atoms with van der Waals surface area (Å²) in [5.74, 6) is 0.693. The number of hydrogen-bond donors (Lipinski definition) is 10. The lowest BCUT2D eigenvalue weighted by atomic mass is 10.1. The highest BCUT2D eigenvalue weighted by Crippen LogP contribution is 2.34. The van der Waals surface area contributed by atoms with Crippen molar-refractivity contribution in [3.8, 4) is 11.5 Å². The highest BCUT2D eigenvalue weighted by atomic mass is 35.5. The molecular formula is C75H82Cl6N20O11. The fourth-order valence-corrected chi connectivity index (χ4v) is 10.6. The van der Waals surface area contributed by atoms with Crippen molar-refractivity contribution in [1.29, 1.82) is 0 Å². The summed E-state index contributed by atoms with van der Waals surface area (Å²) in [6.07, 6.45) is 9.36. The molecule has 0 aliphatic carbocycles. The van der Waals surface area contributed by atoms with Crippen molar-refractivity contribution in [2.24, 2.45) is 5.73 Å². The Bertz CT molecular complexity index is 4730. The molecule has 4 aromatic heterocycles. The van der Waals surface area contributed by atoms with Gasteiger partial charge in [-0.05, 0) is 131 Å². The number of carbonyl (C=O) groups is 7. The van der Waals surface area contributed by atoms with Crippen LogP contribution in [-0.4, -0.2) is 175 Å². The minimum atomic E-state index is -0.702. The predicted octanol–water partition coefficient (Wildman–Crippen LogP) is 11.4. The summed E-state index contributed by atoms with van der Waals surface area (Å²) in [6.45, 7) is 16.8.